The molecular formula is C33H24Cl2N4O. The number of hydrazone groups is 1. The molecule has 0 aliphatic carbocycles. The van der Waals surface area contributed by atoms with Crippen LogP contribution in [-0.2, 0) is 4.79 Å². The highest BCUT2D eigenvalue weighted by Gasteiger charge is 2.42. The summed E-state index contributed by atoms with van der Waals surface area (Å²) < 4.78 is 0. The van der Waals surface area contributed by atoms with E-state index in [-0.39, 0.29) is 5.91 Å². The molecule has 6 aromatic rings. The van der Waals surface area contributed by atoms with E-state index in [0.717, 1.165) is 61.2 Å². The molecule has 1 atom stereocenters. The molecular weight excluding hydrogens is 539 g/mol. The fourth-order valence-corrected chi connectivity index (χ4v) is 6.37. The van der Waals surface area contributed by atoms with Gasteiger partial charge in [0.1, 0.15) is 0 Å². The number of benzene rings is 4. The van der Waals surface area contributed by atoms with Crippen molar-refractivity contribution in [2.24, 2.45) is 11.0 Å². The smallest absolute Gasteiger partial charge is 0.249 e. The summed E-state index contributed by atoms with van der Waals surface area (Å²) in [4.78, 5) is 20.9. The van der Waals surface area contributed by atoms with Gasteiger partial charge in [-0.3, -0.25) is 4.79 Å². The quantitative estimate of drug-likeness (QED) is 0.193. The summed E-state index contributed by atoms with van der Waals surface area (Å²) in [6, 6.07) is 32.1. The molecule has 196 valence electrons. The third kappa shape index (κ3) is 4.01. The van der Waals surface area contributed by atoms with Crippen molar-refractivity contribution in [3.8, 4) is 22.5 Å². The molecule has 7 heteroatoms. The van der Waals surface area contributed by atoms with E-state index in [2.05, 4.69) is 44.8 Å². The maximum atomic E-state index is 13.6. The van der Waals surface area contributed by atoms with E-state index in [0.29, 0.717) is 10.0 Å². The van der Waals surface area contributed by atoms with E-state index in [9.17, 15) is 4.79 Å². The third-order valence-electron chi connectivity index (χ3n) is 7.76. The van der Waals surface area contributed by atoms with E-state index >= 15 is 0 Å². The summed E-state index contributed by atoms with van der Waals surface area (Å²) in [6.07, 6.45) is 0. The van der Waals surface area contributed by atoms with Gasteiger partial charge in [0.2, 0.25) is 5.91 Å². The van der Waals surface area contributed by atoms with E-state index in [1.165, 1.54) is 0 Å². The number of aromatic amines is 2. The van der Waals surface area contributed by atoms with Crippen LogP contribution in [0.5, 0.6) is 0 Å². The van der Waals surface area contributed by atoms with Crippen LogP contribution in [0, 0.1) is 5.92 Å². The van der Waals surface area contributed by atoms with Crippen molar-refractivity contribution in [1.82, 2.24) is 15.4 Å². The number of nitrogens with one attached hydrogen (secondary N) is 3. The first-order chi connectivity index (χ1) is 19.5. The van der Waals surface area contributed by atoms with Gasteiger partial charge in [-0.15, -0.1) is 0 Å². The summed E-state index contributed by atoms with van der Waals surface area (Å²) in [5, 5.41) is 7.54. The molecule has 0 radical (unpaired) electrons. The summed E-state index contributed by atoms with van der Waals surface area (Å²) in [6.45, 7) is 1.91. The monoisotopic (exact) mass is 562 g/mol. The SMILES string of the molecule is CC1=NNC(=O)C1C(c1c(-c2ccccc2)[nH]c2ccc(Cl)cc12)c1c(-c2ccccc2)[nH]c2ccc(Cl)cc12. The van der Waals surface area contributed by atoms with Gasteiger partial charge in [0.15, 0.2) is 0 Å². The lowest BCUT2D eigenvalue weighted by Crippen LogP contribution is -2.29. The van der Waals surface area contributed by atoms with E-state index in [1.807, 2.05) is 79.7 Å². The highest BCUT2D eigenvalue weighted by atomic mass is 35.5. The fourth-order valence-electron chi connectivity index (χ4n) is 6.02. The Balaban J connectivity index is 1.64. The number of hydrogen-bond donors (Lipinski definition) is 3. The van der Waals surface area contributed by atoms with Crippen LogP contribution < -0.4 is 5.43 Å². The number of carbonyl (C=O) groups excluding carboxylic acids is 1. The van der Waals surface area contributed by atoms with Crippen LogP contribution in [0.3, 0.4) is 0 Å². The Morgan fingerprint density at radius 1 is 0.700 bits per heavy atom. The molecule has 0 spiro atoms. The lowest BCUT2D eigenvalue weighted by atomic mass is 9.75. The second kappa shape index (κ2) is 9.70. The molecule has 4 aromatic carbocycles. The van der Waals surface area contributed by atoms with Crippen LogP contribution in [0.2, 0.25) is 10.0 Å². The van der Waals surface area contributed by atoms with Gasteiger partial charge in [-0.05, 0) is 65.6 Å². The summed E-state index contributed by atoms with van der Waals surface area (Å²) in [5.74, 6) is -1.12. The van der Waals surface area contributed by atoms with Crippen LogP contribution >= 0.6 is 23.2 Å². The van der Waals surface area contributed by atoms with Gasteiger partial charge >= 0.3 is 0 Å². The van der Waals surface area contributed by atoms with Crippen molar-refractivity contribution in [1.29, 1.82) is 0 Å². The number of carbonyl (C=O) groups is 1. The number of nitrogens with zero attached hydrogens (tertiary/aromatic N) is 1. The molecule has 2 aromatic heterocycles. The molecule has 5 nitrogen and oxygen atoms in total. The summed E-state index contributed by atoms with van der Waals surface area (Å²) >= 11 is 13.2. The largest absolute Gasteiger partial charge is 0.354 e. The normalized spacial score (nSPS) is 15.2. The van der Waals surface area contributed by atoms with Crippen LogP contribution in [0.25, 0.3) is 44.3 Å². The first-order valence-corrected chi connectivity index (χ1v) is 13.8. The number of hydrogen-bond acceptors (Lipinski definition) is 2. The average molecular weight is 563 g/mol. The lowest BCUT2D eigenvalue weighted by Gasteiger charge is -2.25. The second-order valence-corrected chi connectivity index (χ2v) is 11.0. The Bertz CT molecular complexity index is 1820. The van der Waals surface area contributed by atoms with Gasteiger partial charge in [-0.1, -0.05) is 83.9 Å². The second-order valence-electron chi connectivity index (χ2n) is 10.1. The van der Waals surface area contributed by atoms with Gasteiger partial charge in [0.05, 0.1) is 17.3 Å². The number of rotatable bonds is 5. The lowest BCUT2D eigenvalue weighted by molar-refractivity contribution is -0.122. The molecule has 0 saturated carbocycles. The zero-order valence-corrected chi connectivity index (χ0v) is 23.0. The number of amides is 1. The Labute approximate surface area is 240 Å². The van der Waals surface area contributed by atoms with Crippen molar-refractivity contribution >= 4 is 56.6 Å². The molecule has 1 aliphatic heterocycles. The molecule has 0 saturated heterocycles. The van der Waals surface area contributed by atoms with Gasteiger partial charge in [-0.25, -0.2) is 5.43 Å². The molecule has 3 heterocycles. The molecule has 40 heavy (non-hydrogen) atoms. The number of aromatic nitrogens is 2. The maximum absolute atomic E-state index is 13.6. The predicted octanol–water partition coefficient (Wildman–Crippen LogP) is 8.54. The highest BCUT2D eigenvalue weighted by Crippen LogP contribution is 2.49. The van der Waals surface area contributed by atoms with E-state index in [1.54, 1.807) is 0 Å². The van der Waals surface area contributed by atoms with Crippen molar-refractivity contribution in [3.05, 3.63) is 118 Å². The number of fused-ring (bicyclic) bond motifs is 2. The molecule has 1 unspecified atom stereocenters. The zero-order chi connectivity index (χ0) is 27.4. The van der Waals surface area contributed by atoms with E-state index in [4.69, 9.17) is 23.2 Å². The van der Waals surface area contributed by atoms with Crippen molar-refractivity contribution in [2.75, 3.05) is 0 Å². The van der Waals surface area contributed by atoms with E-state index < -0.39 is 11.8 Å². The maximum Gasteiger partial charge on any atom is 0.249 e. The Hall–Kier alpha value is -4.32. The summed E-state index contributed by atoms with van der Waals surface area (Å²) in [7, 11) is 0. The standard InChI is InChI=1S/C33H24Cl2N4O/c1-18-27(33(40)39-38-18)30(28-23-16-21(34)12-14-25(23)36-31(28)19-8-4-2-5-9-19)29-24-17-22(35)13-15-26(24)37-32(29)20-10-6-3-7-11-20/h2-17,27,30,36-37H,1H3,(H,39,40). The minimum absolute atomic E-state index is 0.145. The minimum atomic E-state index is -0.555. The number of halogens is 2. The van der Waals surface area contributed by atoms with Gasteiger partial charge in [0, 0.05) is 43.5 Å². The highest BCUT2D eigenvalue weighted by molar-refractivity contribution is 6.32. The van der Waals surface area contributed by atoms with Crippen LogP contribution in [0.15, 0.2) is 102 Å². The topological polar surface area (TPSA) is 73.0 Å². The molecule has 0 fully saturated rings. The number of H-pyrrole nitrogens is 2. The predicted molar refractivity (Wildman–Crippen MR) is 164 cm³/mol. The van der Waals surface area contributed by atoms with Crippen molar-refractivity contribution in [3.63, 3.8) is 0 Å². The fraction of sp³-hybridized carbons (Fsp3) is 0.0909. The Morgan fingerprint density at radius 2 is 1.18 bits per heavy atom. The van der Waals surface area contributed by atoms with Crippen LogP contribution in [0.4, 0.5) is 0 Å². The summed E-state index contributed by atoms with van der Waals surface area (Å²) in [5.41, 5.74) is 11.2. The Kier molecular flexibility index (Phi) is 5.99. The van der Waals surface area contributed by atoms with Crippen molar-refractivity contribution < 1.29 is 4.79 Å². The average Bonchev–Trinajstić information content (AvgIpc) is 3.64. The molecule has 1 aliphatic rings. The minimum Gasteiger partial charge on any atom is -0.354 e. The molecule has 0 bridgehead atoms. The van der Waals surface area contributed by atoms with Gasteiger partial charge in [0.25, 0.3) is 0 Å². The van der Waals surface area contributed by atoms with Gasteiger partial charge in [-0.2, -0.15) is 5.10 Å². The first-order valence-electron chi connectivity index (χ1n) is 13.1. The van der Waals surface area contributed by atoms with Gasteiger partial charge < -0.3 is 9.97 Å². The van der Waals surface area contributed by atoms with Crippen LogP contribution in [0.1, 0.15) is 24.0 Å². The first kappa shape index (κ1) is 24.7. The Morgan fingerprint density at radius 3 is 1.60 bits per heavy atom. The van der Waals surface area contributed by atoms with Crippen molar-refractivity contribution in [2.45, 2.75) is 12.8 Å². The zero-order valence-electron chi connectivity index (χ0n) is 21.5. The van der Waals surface area contributed by atoms with Crippen LogP contribution in [-0.4, -0.2) is 21.6 Å². The molecule has 7 rings (SSSR count). The molecule has 3 N–H and O–H groups in total. The third-order valence-corrected chi connectivity index (χ3v) is 8.23. The molecule has 1 amide bonds.